The molecule has 1 saturated heterocycles. The molecule has 1 aliphatic rings. The van der Waals surface area contributed by atoms with Gasteiger partial charge in [0.25, 0.3) is 5.91 Å². The second kappa shape index (κ2) is 6.94. The molecule has 7 heteroatoms. The normalized spacial score (nSPS) is 16.0. The van der Waals surface area contributed by atoms with E-state index in [9.17, 15) is 9.59 Å². The number of aromatic nitrogens is 1. The smallest absolute Gasteiger partial charge is 0.335 e. The fourth-order valence-corrected chi connectivity index (χ4v) is 3.44. The summed E-state index contributed by atoms with van der Waals surface area (Å²) in [4.78, 5) is 29.5. The summed E-state index contributed by atoms with van der Waals surface area (Å²) >= 11 is 6.53. The summed E-state index contributed by atoms with van der Waals surface area (Å²) in [6.45, 7) is 0.383. The van der Waals surface area contributed by atoms with Gasteiger partial charge in [0, 0.05) is 12.4 Å². The van der Waals surface area contributed by atoms with Crippen molar-refractivity contribution in [3.05, 3.63) is 70.4 Å². The predicted molar refractivity (Wildman–Crippen MR) is 96.4 cm³/mol. The van der Waals surface area contributed by atoms with Crippen LogP contribution in [0.25, 0.3) is 6.08 Å². The monoisotopic (exact) mass is 356 g/mol. The number of hydrogen-bond donors (Lipinski definition) is 1. The van der Waals surface area contributed by atoms with E-state index < -0.39 is 5.97 Å². The lowest BCUT2D eigenvalue weighted by atomic mass is 10.1. The topological polar surface area (TPSA) is 70.5 Å². The number of rotatable bonds is 4. The van der Waals surface area contributed by atoms with Gasteiger partial charge in [-0.05, 0) is 35.4 Å². The third-order valence-electron chi connectivity index (χ3n) is 3.39. The number of aromatic carboxylic acids is 1. The Morgan fingerprint density at radius 2 is 2.04 bits per heavy atom. The summed E-state index contributed by atoms with van der Waals surface area (Å²) in [5.41, 5.74) is 1.86. The fraction of sp³-hybridized carbons (Fsp3) is 0.0588. The molecule has 5 nitrogen and oxygen atoms in total. The summed E-state index contributed by atoms with van der Waals surface area (Å²) in [6.07, 6.45) is 5.09. The maximum Gasteiger partial charge on any atom is 0.335 e. The number of thiocarbonyl (C=S) groups is 1. The van der Waals surface area contributed by atoms with Crippen molar-refractivity contribution in [2.45, 2.75) is 6.54 Å². The fourth-order valence-electron chi connectivity index (χ4n) is 2.18. The van der Waals surface area contributed by atoms with Crippen LogP contribution in [-0.2, 0) is 11.3 Å². The van der Waals surface area contributed by atoms with Crippen LogP contribution in [0.3, 0.4) is 0 Å². The second-order valence-electron chi connectivity index (χ2n) is 5.06. The maximum absolute atomic E-state index is 12.5. The molecule has 1 fully saturated rings. The number of benzene rings is 1. The lowest BCUT2D eigenvalue weighted by Gasteiger charge is -2.13. The zero-order valence-corrected chi connectivity index (χ0v) is 14.0. The van der Waals surface area contributed by atoms with E-state index in [2.05, 4.69) is 4.98 Å². The molecule has 1 aliphatic heterocycles. The molecule has 0 spiro atoms. The Balaban J connectivity index is 1.79. The van der Waals surface area contributed by atoms with Crippen LogP contribution in [0, 0.1) is 0 Å². The first-order valence-corrected chi connectivity index (χ1v) is 8.25. The Labute approximate surface area is 148 Å². The van der Waals surface area contributed by atoms with Gasteiger partial charge in [-0.2, -0.15) is 0 Å². The van der Waals surface area contributed by atoms with Gasteiger partial charge in [0.15, 0.2) is 0 Å². The van der Waals surface area contributed by atoms with Crippen LogP contribution < -0.4 is 0 Å². The highest BCUT2D eigenvalue weighted by Crippen LogP contribution is 2.33. The molecule has 120 valence electrons. The highest BCUT2D eigenvalue weighted by atomic mass is 32.2. The molecule has 0 unspecified atom stereocenters. The summed E-state index contributed by atoms with van der Waals surface area (Å²) in [6, 6.07) is 10.0. The SMILES string of the molecule is O=C(O)c1ccc(/C=C2\SC(=S)N(Cc3cccnc3)C2=O)cc1. The summed E-state index contributed by atoms with van der Waals surface area (Å²) in [5, 5.41) is 8.91. The highest BCUT2D eigenvalue weighted by Gasteiger charge is 2.31. The number of thioether (sulfide) groups is 1. The van der Waals surface area contributed by atoms with Crippen LogP contribution in [0.5, 0.6) is 0 Å². The van der Waals surface area contributed by atoms with Gasteiger partial charge in [-0.25, -0.2) is 4.79 Å². The molecule has 1 aromatic carbocycles. The molecule has 0 bridgehead atoms. The lowest BCUT2D eigenvalue weighted by Crippen LogP contribution is -2.27. The molecule has 1 amide bonds. The van der Waals surface area contributed by atoms with E-state index in [0.717, 1.165) is 11.1 Å². The number of carbonyl (C=O) groups excluding carboxylic acids is 1. The lowest BCUT2D eigenvalue weighted by molar-refractivity contribution is -0.122. The van der Waals surface area contributed by atoms with E-state index in [4.69, 9.17) is 17.3 Å². The predicted octanol–water partition coefficient (Wildman–Crippen LogP) is 3.18. The summed E-state index contributed by atoms with van der Waals surface area (Å²) in [5.74, 6) is -1.14. The number of carboxylic acids is 1. The van der Waals surface area contributed by atoms with Crippen LogP contribution in [0.15, 0.2) is 53.7 Å². The number of carbonyl (C=O) groups is 2. The molecular weight excluding hydrogens is 344 g/mol. The molecule has 2 heterocycles. The van der Waals surface area contributed by atoms with Gasteiger partial charge < -0.3 is 5.11 Å². The van der Waals surface area contributed by atoms with Crippen LogP contribution >= 0.6 is 24.0 Å². The number of hydrogen-bond acceptors (Lipinski definition) is 5. The molecular formula is C17H12N2O3S2. The third kappa shape index (κ3) is 3.52. The average molecular weight is 356 g/mol. The van der Waals surface area contributed by atoms with Crippen molar-refractivity contribution < 1.29 is 14.7 Å². The van der Waals surface area contributed by atoms with E-state index in [1.807, 2.05) is 12.1 Å². The van der Waals surface area contributed by atoms with E-state index >= 15 is 0 Å². The molecule has 24 heavy (non-hydrogen) atoms. The van der Waals surface area contributed by atoms with Crippen molar-refractivity contribution in [3.63, 3.8) is 0 Å². The number of nitrogens with zero attached hydrogens (tertiary/aromatic N) is 2. The molecule has 0 aliphatic carbocycles. The molecule has 1 aromatic heterocycles. The minimum Gasteiger partial charge on any atom is -0.478 e. The molecule has 2 aromatic rings. The van der Waals surface area contributed by atoms with E-state index in [-0.39, 0.29) is 11.5 Å². The van der Waals surface area contributed by atoms with Crippen LogP contribution in [-0.4, -0.2) is 31.2 Å². The zero-order chi connectivity index (χ0) is 17.1. The van der Waals surface area contributed by atoms with Crippen molar-refractivity contribution in [2.24, 2.45) is 0 Å². The Morgan fingerprint density at radius 1 is 1.29 bits per heavy atom. The van der Waals surface area contributed by atoms with Crippen LogP contribution in [0.4, 0.5) is 0 Å². The first kappa shape index (κ1) is 16.4. The van der Waals surface area contributed by atoms with E-state index in [1.54, 1.807) is 30.6 Å². The number of carboxylic acid groups (broad SMARTS) is 1. The second-order valence-corrected chi connectivity index (χ2v) is 6.73. The average Bonchev–Trinajstić information content (AvgIpc) is 2.84. The van der Waals surface area contributed by atoms with Crippen molar-refractivity contribution in [2.75, 3.05) is 0 Å². The van der Waals surface area contributed by atoms with Crippen LogP contribution in [0.2, 0.25) is 0 Å². The van der Waals surface area contributed by atoms with Gasteiger partial charge in [0.2, 0.25) is 0 Å². The Bertz CT molecular complexity index is 833. The van der Waals surface area contributed by atoms with E-state index in [1.165, 1.54) is 28.8 Å². The van der Waals surface area contributed by atoms with Gasteiger partial charge >= 0.3 is 5.97 Å². The van der Waals surface area contributed by atoms with Crippen molar-refractivity contribution in [1.82, 2.24) is 9.88 Å². The third-order valence-corrected chi connectivity index (χ3v) is 4.77. The Morgan fingerprint density at radius 3 is 2.67 bits per heavy atom. The molecule has 1 N–H and O–H groups in total. The summed E-state index contributed by atoms with van der Waals surface area (Å²) in [7, 11) is 0. The minimum atomic E-state index is -0.982. The van der Waals surface area contributed by atoms with Gasteiger partial charge in [-0.15, -0.1) is 0 Å². The van der Waals surface area contributed by atoms with E-state index in [0.29, 0.717) is 15.8 Å². The molecule has 0 radical (unpaired) electrons. The molecule has 3 rings (SSSR count). The maximum atomic E-state index is 12.5. The van der Waals surface area contributed by atoms with Crippen LogP contribution in [0.1, 0.15) is 21.5 Å². The van der Waals surface area contributed by atoms with Gasteiger partial charge in [0.05, 0.1) is 17.0 Å². The zero-order valence-electron chi connectivity index (χ0n) is 12.4. The minimum absolute atomic E-state index is 0.156. The highest BCUT2D eigenvalue weighted by molar-refractivity contribution is 8.26. The van der Waals surface area contributed by atoms with Gasteiger partial charge in [0.1, 0.15) is 4.32 Å². The number of amides is 1. The molecule has 0 saturated carbocycles. The Kier molecular flexibility index (Phi) is 4.73. The van der Waals surface area contributed by atoms with Crippen molar-refractivity contribution in [3.8, 4) is 0 Å². The standard InChI is InChI=1S/C17H12N2O3S2/c20-15-14(8-11-3-5-13(6-4-11)16(21)22)24-17(23)19(15)10-12-2-1-7-18-9-12/h1-9H,10H2,(H,21,22)/b14-8-. The first-order chi connectivity index (χ1) is 11.5. The number of pyridine rings is 1. The first-order valence-electron chi connectivity index (χ1n) is 7.02. The Hall–Kier alpha value is -2.51. The van der Waals surface area contributed by atoms with Crippen molar-refractivity contribution in [1.29, 1.82) is 0 Å². The van der Waals surface area contributed by atoms with Crippen molar-refractivity contribution >= 4 is 46.3 Å². The van der Waals surface area contributed by atoms with Gasteiger partial charge in [-0.3, -0.25) is 14.7 Å². The summed E-state index contributed by atoms with van der Waals surface area (Å²) < 4.78 is 0.497. The quantitative estimate of drug-likeness (QED) is 0.670. The molecule has 0 atom stereocenters. The van der Waals surface area contributed by atoms with Gasteiger partial charge in [-0.1, -0.05) is 42.2 Å². The largest absolute Gasteiger partial charge is 0.478 e.